The third-order valence-electron chi connectivity index (χ3n) is 3.09. The standard InChI is InChI=1S/C16H18N2O2/c1-18(11-12-6-4-3-5-7-12)16(19)13-8-9-15(20-2)14(17)10-13/h3-10H,11,17H2,1-2H3. The van der Waals surface area contributed by atoms with Crippen molar-refractivity contribution in [3.05, 3.63) is 59.7 Å². The van der Waals surface area contributed by atoms with Gasteiger partial charge in [0.1, 0.15) is 5.75 Å². The molecule has 2 N–H and O–H groups in total. The normalized spacial score (nSPS) is 10.1. The van der Waals surface area contributed by atoms with Crippen molar-refractivity contribution < 1.29 is 9.53 Å². The van der Waals surface area contributed by atoms with E-state index in [1.807, 2.05) is 30.3 Å². The number of benzene rings is 2. The van der Waals surface area contributed by atoms with Gasteiger partial charge in [0.25, 0.3) is 5.91 Å². The predicted octanol–water partition coefficient (Wildman–Crippen LogP) is 2.55. The Morgan fingerprint density at radius 2 is 1.90 bits per heavy atom. The van der Waals surface area contributed by atoms with Gasteiger partial charge in [-0.2, -0.15) is 0 Å². The maximum Gasteiger partial charge on any atom is 0.253 e. The maximum atomic E-state index is 12.3. The number of methoxy groups -OCH3 is 1. The van der Waals surface area contributed by atoms with Crippen molar-refractivity contribution in [2.24, 2.45) is 0 Å². The molecule has 0 aliphatic carbocycles. The van der Waals surface area contributed by atoms with Gasteiger partial charge < -0.3 is 15.4 Å². The maximum absolute atomic E-state index is 12.3. The van der Waals surface area contributed by atoms with E-state index in [4.69, 9.17) is 10.5 Å². The van der Waals surface area contributed by atoms with E-state index >= 15 is 0 Å². The monoisotopic (exact) mass is 270 g/mol. The minimum atomic E-state index is -0.0665. The Balaban J connectivity index is 2.12. The van der Waals surface area contributed by atoms with Crippen LogP contribution in [0, 0.1) is 0 Å². The average molecular weight is 270 g/mol. The van der Waals surface area contributed by atoms with Crippen LogP contribution < -0.4 is 10.5 Å². The molecule has 0 aliphatic rings. The molecule has 2 rings (SSSR count). The molecule has 4 heteroatoms. The van der Waals surface area contributed by atoms with Crippen LogP contribution in [0.4, 0.5) is 5.69 Å². The molecule has 2 aromatic rings. The molecule has 0 saturated carbocycles. The lowest BCUT2D eigenvalue weighted by Gasteiger charge is -2.18. The first kappa shape index (κ1) is 13.9. The number of anilines is 1. The highest BCUT2D eigenvalue weighted by molar-refractivity contribution is 5.95. The van der Waals surface area contributed by atoms with E-state index < -0.39 is 0 Å². The summed E-state index contributed by atoms with van der Waals surface area (Å²) >= 11 is 0. The highest BCUT2D eigenvalue weighted by Gasteiger charge is 2.13. The van der Waals surface area contributed by atoms with Gasteiger partial charge in [0.2, 0.25) is 0 Å². The summed E-state index contributed by atoms with van der Waals surface area (Å²) in [5.74, 6) is 0.510. The Morgan fingerprint density at radius 1 is 1.20 bits per heavy atom. The van der Waals surface area contributed by atoms with Gasteiger partial charge in [-0.3, -0.25) is 4.79 Å². The van der Waals surface area contributed by atoms with E-state index in [1.54, 1.807) is 37.3 Å². The zero-order valence-corrected chi connectivity index (χ0v) is 11.7. The quantitative estimate of drug-likeness (QED) is 0.869. The second kappa shape index (κ2) is 6.10. The lowest BCUT2D eigenvalue weighted by atomic mass is 10.1. The van der Waals surface area contributed by atoms with E-state index in [2.05, 4.69) is 0 Å². The van der Waals surface area contributed by atoms with Crippen LogP contribution in [0.5, 0.6) is 5.75 Å². The van der Waals surface area contributed by atoms with Crippen LogP contribution >= 0.6 is 0 Å². The molecule has 2 aromatic carbocycles. The number of hydrogen-bond donors (Lipinski definition) is 1. The lowest BCUT2D eigenvalue weighted by molar-refractivity contribution is 0.0785. The van der Waals surface area contributed by atoms with E-state index in [1.165, 1.54) is 0 Å². The fraction of sp³-hybridized carbons (Fsp3) is 0.188. The van der Waals surface area contributed by atoms with Gasteiger partial charge in [-0.1, -0.05) is 30.3 Å². The number of nitrogens with zero attached hydrogens (tertiary/aromatic N) is 1. The van der Waals surface area contributed by atoms with Crippen molar-refractivity contribution >= 4 is 11.6 Å². The fourth-order valence-corrected chi connectivity index (χ4v) is 2.02. The molecule has 0 atom stereocenters. The molecule has 0 fully saturated rings. The largest absolute Gasteiger partial charge is 0.495 e. The summed E-state index contributed by atoms with van der Waals surface area (Å²) < 4.78 is 5.09. The summed E-state index contributed by atoms with van der Waals surface area (Å²) in [7, 11) is 3.32. The topological polar surface area (TPSA) is 55.6 Å². The molecule has 104 valence electrons. The smallest absolute Gasteiger partial charge is 0.253 e. The number of carbonyl (C=O) groups is 1. The number of amides is 1. The van der Waals surface area contributed by atoms with Crippen molar-refractivity contribution in [1.82, 2.24) is 4.90 Å². The van der Waals surface area contributed by atoms with Crippen molar-refractivity contribution in [2.75, 3.05) is 19.9 Å². The Labute approximate surface area is 118 Å². The molecule has 4 nitrogen and oxygen atoms in total. The van der Waals surface area contributed by atoms with Gasteiger partial charge in [-0.15, -0.1) is 0 Å². The van der Waals surface area contributed by atoms with Crippen LogP contribution in [0.1, 0.15) is 15.9 Å². The first-order valence-electron chi connectivity index (χ1n) is 6.34. The predicted molar refractivity (Wildman–Crippen MR) is 79.6 cm³/mol. The van der Waals surface area contributed by atoms with E-state index in [0.717, 1.165) is 5.56 Å². The molecule has 0 heterocycles. The molecular weight excluding hydrogens is 252 g/mol. The van der Waals surface area contributed by atoms with Gasteiger partial charge in [0.05, 0.1) is 12.8 Å². The second-order valence-electron chi connectivity index (χ2n) is 4.60. The Hall–Kier alpha value is -2.49. The van der Waals surface area contributed by atoms with Crippen molar-refractivity contribution in [3.63, 3.8) is 0 Å². The molecule has 0 aliphatic heterocycles. The van der Waals surface area contributed by atoms with Crippen LogP contribution in [-0.2, 0) is 6.54 Å². The number of nitrogens with two attached hydrogens (primary N) is 1. The first-order valence-corrected chi connectivity index (χ1v) is 6.34. The van der Waals surface area contributed by atoms with Crippen molar-refractivity contribution in [3.8, 4) is 5.75 Å². The van der Waals surface area contributed by atoms with Crippen LogP contribution in [0.3, 0.4) is 0 Å². The lowest BCUT2D eigenvalue weighted by Crippen LogP contribution is -2.26. The molecule has 0 spiro atoms. The Kier molecular flexibility index (Phi) is 4.25. The molecule has 20 heavy (non-hydrogen) atoms. The van der Waals surface area contributed by atoms with Crippen molar-refractivity contribution in [1.29, 1.82) is 0 Å². The molecule has 0 saturated heterocycles. The zero-order chi connectivity index (χ0) is 14.5. The van der Waals surface area contributed by atoms with E-state index in [-0.39, 0.29) is 5.91 Å². The van der Waals surface area contributed by atoms with Crippen LogP contribution in [0.2, 0.25) is 0 Å². The van der Waals surface area contributed by atoms with Gasteiger partial charge in [-0.25, -0.2) is 0 Å². The van der Waals surface area contributed by atoms with Gasteiger partial charge >= 0.3 is 0 Å². The molecule has 1 amide bonds. The fourth-order valence-electron chi connectivity index (χ4n) is 2.02. The zero-order valence-electron chi connectivity index (χ0n) is 11.7. The molecule has 0 radical (unpaired) electrons. The number of ether oxygens (including phenoxy) is 1. The van der Waals surface area contributed by atoms with Crippen LogP contribution in [0.25, 0.3) is 0 Å². The minimum absolute atomic E-state index is 0.0665. The molecule has 0 unspecified atom stereocenters. The van der Waals surface area contributed by atoms with E-state index in [9.17, 15) is 4.79 Å². The highest BCUT2D eigenvalue weighted by Crippen LogP contribution is 2.22. The number of nitrogen functional groups attached to an aromatic ring is 1. The first-order chi connectivity index (χ1) is 9.61. The molecular formula is C16H18N2O2. The van der Waals surface area contributed by atoms with Crippen LogP contribution in [0.15, 0.2) is 48.5 Å². The number of hydrogen-bond acceptors (Lipinski definition) is 3. The molecule has 0 aromatic heterocycles. The Bertz CT molecular complexity index is 597. The average Bonchev–Trinajstić information content (AvgIpc) is 2.47. The third kappa shape index (κ3) is 3.09. The summed E-state index contributed by atoms with van der Waals surface area (Å²) in [6.07, 6.45) is 0. The minimum Gasteiger partial charge on any atom is -0.495 e. The molecule has 0 bridgehead atoms. The van der Waals surface area contributed by atoms with Crippen LogP contribution in [-0.4, -0.2) is 25.0 Å². The second-order valence-corrected chi connectivity index (χ2v) is 4.60. The third-order valence-corrected chi connectivity index (χ3v) is 3.09. The van der Waals surface area contributed by atoms with Gasteiger partial charge in [0, 0.05) is 19.2 Å². The summed E-state index contributed by atoms with van der Waals surface area (Å²) in [6.45, 7) is 0.561. The highest BCUT2D eigenvalue weighted by atomic mass is 16.5. The summed E-state index contributed by atoms with van der Waals surface area (Å²) in [5, 5.41) is 0. The SMILES string of the molecule is COc1ccc(C(=O)N(C)Cc2ccccc2)cc1N. The van der Waals surface area contributed by atoms with Gasteiger partial charge in [0.15, 0.2) is 0 Å². The van der Waals surface area contributed by atoms with Crippen molar-refractivity contribution in [2.45, 2.75) is 6.54 Å². The van der Waals surface area contributed by atoms with E-state index in [0.29, 0.717) is 23.5 Å². The number of rotatable bonds is 4. The summed E-state index contributed by atoms with van der Waals surface area (Å²) in [4.78, 5) is 14.0. The summed E-state index contributed by atoms with van der Waals surface area (Å²) in [5.41, 5.74) is 7.94. The Morgan fingerprint density at radius 3 is 2.50 bits per heavy atom. The summed E-state index contributed by atoms with van der Waals surface area (Å²) in [6, 6.07) is 14.9. The number of carbonyl (C=O) groups excluding carboxylic acids is 1. The van der Waals surface area contributed by atoms with Gasteiger partial charge in [-0.05, 0) is 23.8 Å².